The zero-order valence-corrected chi connectivity index (χ0v) is 18.0. The lowest BCUT2D eigenvalue weighted by Gasteiger charge is -2.25. The van der Waals surface area contributed by atoms with Crippen LogP contribution in [0.1, 0.15) is 72.0 Å². The van der Waals surface area contributed by atoms with E-state index in [0.717, 1.165) is 31.0 Å². The molecule has 1 aliphatic heterocycles. The summed E-state index contributed by atoms with van der Waals surface area (Å²) in [6.45, 7) is 5.44. The van der Waals surface area contributed by atoms with E-state index in [1.54, 1.807) is 20.8 Å². The molecule has 9 heteroatoms. The van der Waals surface area contributed by atoms with Crippen LogP contribution in [0.2, 0.25) is 0 Å². The Balaban J connectivity index is 2.01. The van der Waals surface area contributed by atoms with Crippen LogP contribution in [0, 0.1) is 0 Å². The van der Waals surface area contributed by atoms with Gasteiger partial charge in [-0.1, -0.05) is 0 Å². The van der Waals surface area contributed by atoms with Crippen LogP contribution >= 0.6 is 0 Å². The molecule has 1 atom stereocenters. The lowest BCUT2D eigenvalue weighted by Crippen LogP contribution is -2.27. The molecule has 1 aromatic heterocycles. The Hall–Kier alpha value is -2.94. The molecule has 0 N–H and O–H groups in total. The third kappa shape index (κ3) is 5.85. The number of esters is 1. The first kappa shape index (κ1) is 23.7. The van der Waals surface area contributed by atoms with Crippen molar-refractivity contribution in [3.8, 4) is 5.75 Å². The zero-order valence-electron chi connectivity index (χ0n) is 18.0. The molecule has 2 aromatic rings. The summed E-state index contributed by atoms with van der Waals surface area (Å²) in [6.07, 6.45) is -1.99. The van der Waals surface area contributed by atoms with Gasteiger partial charge >= 0.3 is 12.1 Å². The number of pyridine rings is 1. The minimum absolute atomic E-state index is 0.0906. The summed E-state index contributed by atoms with van der Waals surface area (Å²) in [7, 11) is 0. The number of hydrogen-bond donors (Lipinski definition) is 0. The summed E-state index contributed by atoms with van der Waals surface area (Å²) in [5.41, 5.74) is -2.26. The van der Waals surface area contributed by atoms with Gasteiger partial charge in [-0.25, -0.2) is 4.79 Å². The Morgan fingerprint density at radius 3 is 2.47 bits per heavy atom. The third-order valence-electron chi connectivity index (χ3n) is 4.59. The molecule has 1 saturated heterocycles. The van der Waals surface area contributed by atoms with Crippen LogP contribution < -0.4 is 4.74 Å². The normalized spacial score (nSPS) is 17.0. The fourth-order valence-electron chi connectivity index (χ4n) is 3.14. The maximum Gasteiger partial charge on any atom is 0.416 e. The fourth-order valence-corrected chi connectivity index (χ4v) is 3.14. The van der Waals surface area contributed by atoms with Gasteiger partial charge < -0.3 is 14.2 Å². The van der Waals surface area contributed by atoms with Crippen molar-refractivity contribution in [3.05, 3.63) is 58.9 Å². The zero-order chi connectivity index (χ0) is 23.5. The standard InChI is InChI=1S/C23H24F3NO5/c1-22(2,3)32-21(29)16-7-6-11-27-19(16)20(28)15-10-9-14(23(24,25)26)13-17(15)31-18-8-4-5-12-30-18/h6-7,9-11,13,18H,4-5,8,12H2,1-3H3. The van der Waals surface area contributed by atoms with E-state index >= 15 is 0 Å². The summed E-state index contributed by atoms with van der Waals surface area (Å²) in [6, 6.07) is 5.43. The van der Waals surface area contributed by atoms with Crippen molar-refractivity contribution in [2.75, 3.05) is 6.61 Å². The van der Waals surface area contributed by atoms with E-state index < -0.39 is 35.4 Å². The van der Waals surface area contributed by atoms with Crippen molar-refractivity contribution >= 4 is 11.8 Å². The van der Waals surface area contributed by atoms with Crippen LogP contribution in [0.4, 0.5) is 13.2 Å². The topological polar surface area (TPSA) is 74.7 Å². The van der Waals surface area contributed by atoms with Crippen LogP contribution in [0.25, 0.3) is 0 Å². The van der Waals surface area contributed by atoms with Gasteiger partial charge in [-0.05, 0) is 63.9 Å². The van der Waals surface area contributed by atoms with E-state index in [9.17, 15) is 22.8 Å². The average molecular weight is 451 g/mol. The van der Waals surface area contributed by atoms with Gasteiger partial charge in [0.05, 0.1) is 23.3 Å². The lowest BCUT2D eigenvalue weighted by atomic mass is 10.0. The third-order valence-corrected chi connectivity index (χ3v) is 4.59. The molecule has 1 aromatic carbocycles. The molecule has 1 fully saturated rings. The van der Waals surface area contributed by atoms with Crippen molar-refractivity contribution in [1.82, 2.24) is 4.98 Å². The lowest BCUT2D eigenvalue weighted by molar-refractivity contribution is -0.138. The summed E-state index contributed by atoms with van der Waals surface area (Å²) >= 11 is 0. The van der Waals surface area contributed by atoms with Gasteiger partial charge in [0.25, 0.3) is 0 Å². The fraction of sp³-hybridized carbons (Fsp3) is 0.435. The van der Waals surface area contributed by atoms with E-state index in [-0.39, 0.29) is 22.6 Å². The van der Waals surface area contributed by atoms with Crippen molar-refractivity contribution in [1.29, 1.82) is 0 Å². The van der Waals surface area contributed by atoms with E-state index in [1.165, 1.54) is 18.3 Å². The second-order valence-corrected chi connectivity index (χ2v) is 8.35. The summed E-state index contributed by atoms with van der Waals surface area (Å²) in [5.74, 6) is -1.80. The Kier molecular flexibility index (Phi) is 6.88. The highest BCUT2D eigenvalue weighted by Crippen LogP contribution is 2.35. The second-order valence-electron chi connectivity index (χ2n) is 8.35. The van der Waals surface area contributed by atoms with E-state index in [4.69, 9.17) is 14.2 Å². The van der Waals surface area contributed by atoms with Gasteiger partial charge in [0, 0.05) is 12.6 Å². The number of carbonyl (C=O) groups is 2. The maximum absolute atomic E-state index is 13.3. The quantitative estimate of drug-likeness (QED) is 0.460. The van der Waals surface area contributed by atoms with Gasteiger partial charge in [-0.2, -0.15) is 13.2 Å². The van der Waals surface area contributed by atoms with Crippen LogP contribution in [0.15, 0.2) is 36.5 Å². The maximum atomic E-state index is 13.3. The predicted octanol–water partition coefficient (Wildman–Crippen LogP) is 5.19. The van der Waals surface area contributed by atoms with Crippen LogP contribution in [0.3, 0.4) is 0 Å². The van der Waals surface area contributed by atoms with Gasteiger partial charge in [0.2, 0.25) is 5.78 Å². The van der Waals surface area contributed by atoms with Crippen molar-refractivity contribution in [3.63, 3.8) is 0 Å². The number of ketones is 1. The van der Waals surface area contributed by atoms with E-state index in [2.05, 4.69) is 4.98 Å². The minimum atomic E-state index is -4.63. The molecule has 0 spiro atoms. The minimum Gasteiger partial charge on any atom is -0.464 e. The Bertz CT molecular complexity index is 992. The van der Waals surface area contributed by atoms with Gasteiger partial charge in [0.1, 0.15) is 17.0 Å². The van der Waals surface area contributed by atoms with E-state index in [0.29, 0.717) is 13.0 Å². The Morgan fingerprint density at radius 2 is 1.84 bits per heavy atom. The molecule has 172 valence electrons. The van der Waals surface area contributed by atoms with Gasteiger partial charge in [-0.3, -0.25) is 9.78 Å². The van der Waals surface area contributed by atoms with Crippen LogP contribution in [0.5, 0.6) is 5.75 Å². The van der Waals surface area contributed by atoms with Crippen LogP contribution in [-0.2, 0) is 15.7 Å². The highest BCUT2D eigenvalue weighted by Gasteiger charge is 2.33. The Labute approximate surface area is 183 Å². The molecule has 0 amide bonds. The molecule has 0 bridgehead atoms. The largest absolute Gasteiger partial charge is 0.464 e. The first-order valence-electron chi connectivity index (χ1n) is 10.2. The summed E-state index contributed by atoms with van der Waals surface area (Å²) < 4.78 is 56.3. The number of hydrogen-bond acceptors (Lipinski definition) is 6. The first-order chi connectivity index (χ1) is 15.0. The first-order valence-corrected chi connectivity index (χ1v) is 10.2. The number of aromatic nitrogens is 1. The van der Waals surface area contributed by atoms with Crippen molar-refractivity contribution < 1.29 is 37.0 Å². The molecule has 3 rings (SSSR count). The number of halogens is 3. The monoisotopic (exact) mass is 451 g/mol. The van der Waals surface area contributed by atoms with Crippen LogP contribution in [-0.4, -0.2) is 35.2 Å². The molecule has 0 aliphatic carbocycles. The molecule has 6 nitrogen and oxygen atoms in total. The second kappa shape index (κ2) is 9.28. The summed E-state index contributed by atoms with van der Waals surface area (Å²) in [5, 5.41) is 0. The molecule has 32 heavy (non-hydrogen) atoms. The molecule has 0 saturated carbocycles. The average Bonchev–Trinajstić information content (AvgIpc) is 2.72. The molecular formula is C23H24F3NO5. The van der Waals surface area contributed by atoms with E-state index in [1.807, 2.05) is 0 Å². The Morgan fingerprint density at radius 1 is 1.09 bits per heavy atom. The molecular weight excluding hydrogens is 427 g/mol. The molecule has 1 unspecified atom stereocenters. The molecule has 2 heterocycles. The van der Waals surface area contributed by atoms with Gasteiger partial charge in [0.15, 0.2) is 6.29 Å². The molecule has 1 aliphatic rings. The summed E-state index contributed by atoms with van der Waals surface area (Å²) in [4.78, 5) is 29.9. The number of benzene rings is 1. The number of carbonyl (C=O) groups excluding carboxylic acids is 2. The number of ether oxygens (including phenoxy) is 3. The predicted molar refractivity (Wildman–Crippen MR) is 109 cm³/mol. The highest BCUT2D eigenvalue weighted by atomic mass is 19.4. The number of alkyl halides is 3. The van der Waals surface area contributed by atoms with Gasteiger partial charge in [-0.15, -0.1) is 0 Å². The van der Waals surface area contributed by atoms with Crippen molar-refractivity contribution in [2.24, 2.45) is 0 Å². The number of rotatable bonds is 5. The number of nitrogens with zero attached hydrogens (tertiary/aromatic N) is 1. The highest BCUT2D eigenvalue weighted by molar-refractivity contribution is 6.14. The molecule has 0 radical (unpaired) electrons. The van der Waals surface area contributed by atoms with Crippen molar-refractivity contribution in [2.45, 2.75) is 58.1 Å². The smallest absolute Gasteiger partial charge is 0.416 e. The SMILES string of the molecule is CC(C)(C)OC(=O)c1cccnc1C(=O)c1ccc(C(F)(F)F)cc1OC1CCCCO1.